The monoisotopic (exact) mass is 390 g/mol. The number of hydrogen-bond donors (Lipinski definition) is 2. The van der Waals surface area contributed by atoms with Gasteiger partial charge in [0, 0.05) is 21.5 Å². The van der Waals surface area contributed by atoms with Crippen LogP contribution in [0.15, 0.2) is 47.4 Å². The van der Waals surface area contributed by atoms with Gasteiger partial charge in [-0.3, -0.25) is 9.59 Å². The van der Waals surface area contributed by atoms with Gasteiger partial charge in [0.05, 0.1) is 18.6 Å². The summed E-state index contributed by atoms with van der Waals surface area (Å²) < 4.78 is 5.22. The molecule has 1 saturated carbocycles. The van der Waals surface area contributed by atoms with Crippen molar-refractivity contribution in [1.29, 1.82) is 0 Å². The summed E-state index contributed by atoms with van der Waals surface area (Å²) in [6.07, 6.45) is 1.93. The first-order valence-corrected chi connectivity index (χ1v) is 9.58. The number of methoxy groups -OCH3 is 1. The molecule has 0 heterocycles. The standard InChI is InChI=1S/C19H19ClN2O3S/c1-25-17-8-7-13(20)9-16(17)22-18(23)11-26-15-4-2-3-14(10-15)21-19(24)12-5-6-12/h2-4,7-10,12H,5-6,11H2,1H3,(H,21,24)(H,22,23). The number of ether oxygens (including phenoxy) is 1. The number of hydrogen-bond acceptors (Lipinski definition) is 4. The molecule has 7 heteroatoms. The zero-order chi connectivity index (χ0) is 18.5. The van der Waals surface area contributed by atoms with Crippen molar-refractivity contribution in [3.05, 3.63) is 47.5 Å². The number of carbonyl (C=O) groups is 2. The minimum absolute atomic E-state index is 0.0675. The van der Waals surface area contributed by atoms with Crippen molar-refractivity contribution in [2.45, 2.75) is 17.7 Å². The average Bonchev–Trinajstić information content (AvgIpc) is 3.46. The molecule has 0 atom stereocenters. The maximum Gasteiger partial charge on any atom is 0.234 e. The molecule has 2 N–H and O–H groups in total. The van der Waals surface area contributed by atoms with Crippen LogP contribution < -0.4 is 15.4 Å². The molecule has 1 aliphatic carbocycles. The van der Waals surface area contributed by atoms with E-state index in [4.69, 9.17) is 16.3 Å². The first kappa shape index (κ1) is 18.6. The van der Waals surface area contributed by atoms with Crippen LogP contribution in [0, 0.1) is 5.92 Å². The third-order valence-corrected chi connectivity index (χ3v) is 5.08. The predicted octanol–water partition coefficient (Wildman–Crippen LogP) is 4.43. The Morgan fingerprint density at radius 1 is 1.19 bits per heavy atom. The van der Waals surface area contributed by atoms with Crippen molar-refractivity contribution in [3.8, 4) is 5.75 Å². The lowest BCUT2D eigenvalue weighted by Gasteiger charge is -2.11. The fraction of sp³-hybridized carbons (Fsp3) is 0.263. The van der Waals surface area contributed by atoms with Crippen molar-refractivity contribution >= 4 is 46.6 Å². The molecule has 136 valence electrons. The Labute approximate surface area is 161 Å². The number of amides is 2. The molecule has 2 aromatic carbocycles. The van der Waals surface area contributed by atoms with Crippen molar-refractivity contribution in [2.24, 2.45) is 5.92 Å². The van der Waals surface area contributed by atoms with Gasteiger partial charge in [-0.15, -0.1) is 11.8 Å². The molecule has 1 aliphatic rings. The maximum atomic E-state index is 12.2. The van der Waals surface area contributed by atoms with Crippen LogP contribution in [0.4, 0.5) is 11.4 Å². The van der Waals surface area contributed by atoms with Crippen LogP contribution in [0.2, 0.25) is 5.02 Å². The van der Waals surface area contributed by atoms with E-state index in [1.54, 1.807) is 18.2 Å². The normalized spacial score (nSPS) is 13.2. The summed E-state index contributed by atoms with van der Waals surface area (Å²) in [4.78, 5) is 25.0. The Hall–Kier alpha value is -2.18. The quantitative estimate of drug-likeness (QED) is 0.686. The lowest BCUT2D eigenvalue weighted by atomic mass is 10.3. The topological polar surface area (TPSA) is 67.4 Å². The van der Waals surface area contributed by atoms with Gasteiger partial charge >= 0.3 is 0 Å². The van der Waals surface area contributed by atoms with E-state index in [2.05, 4.69) is 10.6 Å². The molecule has 0 aliphatic heterocycles. The zero-order valence-electron chi connectivity index (χ0n) is 14.3. The number of carbonyl (C=O) groups excluding carboxylic acids is 2. The van der Waals surface area contributed by atoms with Crippen molar-refractivity contribution in [1.82, 2.24) is 0 Å². The molecule has 1 fully saturated rings. The molecular weight excluding hydrogens is 372 g/mol. The molecule has 26 heavy (non-hydrogen) atoms. The maximum absolute atomic E-state index is 12.2. The number of nitrogens with one attached hydrogen (secondary N) is 2. The molecule has 2 aromatic rings. The predicted molar refractivity (Wildman–Crippen MR) is 105 cm³/mol. The van der Waals surface area contributed by atoms with Crippen molar-refractivity contribution in [3.63, 3.8) is 0 Å². The highest BCUT2D eigenvalue weighted by Crippen LogP contribution is 2.31. The number of rotatable bonds is 7. The number of benzene rings is 2. The van der Waals surface area contributed by atoms with Crippen LogP contribution in [0.5, 0.6) is 5.75 Å². The Morgan fingerprint density at radius 3 is 2.73 bits per heavy atom. The second-order valence-corrected chi connectivity index (χ2v) is 7.46. The van der Waals surface area contributed by atoms with Gasteiger partial charge in [-0.05, 0) is 49.2 Å². The largest absolute Gasteiger partial charge is 0.495 e. The van der Waals surface area contributed by atoms with E-state index < -0.39 is 0 Å². The summed E-state index contributed by atoms with van der Waals surface area (Å²) in [6.45, 7) is 0. The van der Waals surface area contributed by atoms with E-state index in [-0.39, 0.29) is 23.5 Å². The van der Waals surface area contributed by atoms with Crippen molar-refractivity contribution in [2.75, 3.05) is 23.5 Å². The van der Waals surface area contributed by atoms with Crippen molar-refractivity contribution < 1.29 is 14.3 Å². The average molecular weight is 391 g/mol. The van der Waals surface area contributed by atoms with Gasteiger partial charge in [0.15, 0.2) is 0 Å². The lowest BCUT2D eigenvalue weighted by Crippen LogP contribution is -2.15. The van der Waals surface area contributed by atoms with E-state index in [1.807, 2.05) is 24.3 Å². The molecule has 0 spiro atoms. The second kappa shape index (κ2) is 8.47. The van der Waals surface area contributed by atoms with E-state index >= 15 is 0 Å². The Balaban J connectivity index is 1.56. The van der Waals surface area contributed by atoms with E-state index in [0.29, 0.717) is 16.5 Å². The minimum atomic E-state index is -0.164. The molecule has 0 radical (unpaired) electrons. The van der Waals surface area contributed by atoms with Crippen LogP contribution in [0.3, 0.4) is 0 Å². The van der Waals surface area contributed by atoms with E-state index in [1.165, 1.54) is 18.9 Å². The van der Waals surface area contributed by atoms with Gasteiger partial charge in [0.1, 0.15) is 5.75 Å². The molecule has 0 aromatic heterocycles. The van der Waals surface area contributed by atoms with Gasteiger partial charge in [-0.2, -0.15) is 0 Å². The summed E-state index contributed by atoms with van der Waals surface area (Å²) in [6, 6.07) is 12.5. The fourth-order valence-electron chi connectivity index (χ4n) is 2.37. The molecule has 5 nitrogen and oxygen atoms in total. The second-order valence-electron chi connectivity index (χ2n) is 5.97. The highest BCUT2D eigenvalue weighted by atomic mass is 35.5. The summed E-state index contributed by atoms with van der Waals surface area (Å²) in [7, 11) is 1.54. The third-order valence-electron chi connectivity index (χ3n) is 3.86. The Bertz CT molecular complexity index is 824. The van der Waals surface area contributed by atoms with Crippen LogP contribution in [0.1, 0.15) is 12.8 Å². The van der Waals surface area contributed by atoms with Gasteiger partial charge in [-0.1, -0.05) is 17.7 Å². The summed E-state index contributed by atoms with van der Waals surface area (Å²) in [5.41, 5.74) is 1.29. The Morgan fingerprint density at radius 2 is 2.00 bits per heavy atom. The van der Waals surface area contributed by atoms with Gasteiger partial charge < -0.3 is 15.4 Å². The molecule has 3 rings (SSSR count). The molecule has 2 amide bonds. The number of thioether (sulfide) groups is 1. The summed E-state index contributed by atoms with van der Waals surface area (Å²) in [5.74, 6) is 0.846. The molecular formula is C19H19ClN2O3S. The van der Waals surface area contributed by atoms with Gasteiger partial charge in [-0.25, -0.2) is 0 Å². The highest BCUT2D eigenvalue weighted by molar-refractivity contribution is 8.00. The molecule has 0 saturated heterocycles. The summed E-state index contributed by atoms with van der Waals surface area (Å²) in [5, 5.41) is 6.23. The van der Waals surface area contributed by atoms with Crippen LogP contribution in [0.25, 0.3) is 0 Å². The first-order chi connectivity index (χ1) is 12.5. The van der Waals surface area contributed by atoms with Gasteiger partial charge in [0.2, 0.25) is 11.8 Å². The van der Waals surface area contributed by atoms with Gasteiger partial charge in [0.25, 0.3) is 0 Å². The third kappa shape index (κ3) is 5.16. The summed E-state index contributed by atoms with van der Waals surface area (Å²) >= 11 is 7.36. The van der Waals surface area contributed by atoms with Crippen LogP contribution in [-0.4, -0.2) is 24.7 Å². The van der Waals surface area contributed by atoms with E-state index in [0.717, 1.165) is 23.4 Å². The number of halogens is 1. The smallest absolute Gasteiger partial charge is 0.234 e. The SMILES string of the molecule is COc1ccc(Cl)cc1NC(=O)CSc1cccc(NC(=O)C2CC2)c1. The van der Waals surface area contributed by atoms with Crippen LogP contribution >= 0.6 is 23.4 Å². The first-order valence-electron chi connectivity index (χ1n) is 8.22. The van der Waals surface area contributed by atoms with E-state index in [9.17, 15) is 9.59 Å². The van der Waals surface area contributed by atoms with Crippen LogP contribution in [-0.2, 0) is 9.59 Å². The molecule has 0 bridgehead atoms. The fourth-order valence-corrected chi connectivity index (χ4v) is 3.29. The highest BCUT2D eigenvalue weighted by Gasteiger charge is 2.29. The minimum Gasteiger partial charge on any atom is -0.495 e. The zero-order valence-corrected chi connectivity index (χ0v) is 15.8. The lowest BCUT2D eigenvalue weighted by molar-refractivity contribution is -0.117. The molecule has 0 unspecified atom stereocenters. The number of anilines is 2. The Kier molecular flexibility index (Phi) is 6.06.